The number of methoxy groups -OCH3 is 1. The number of thiocarbonyl (C=S) groups is 1. The summed E-state index contributed by atoms with van der Waals surface area (Å²) in [6, 6.07) is 6.84. The fourth-order valence-electron chi connectivity index (χ4n) is 1.40. The number of benzene rings is 1. The lowest BCUT2D eigenvalue weighted by atomic mass is 10.1. The molecule has 0 amide bonds. The van der Waals surface area contributed by atoms with E-state index in [9.17, 15) is 4.79 Å². The third kappa shape index (κ3) is 1.77. The molecule has 0 spiro atoms. The number of rotatable bonds is 2. The lowest BCUT2D eigenvalue weighted by molar-refractivity contribution is 0.0567. The van der Waals surface area contributed by atoms with E-state index in [4.69, 9.17) is 22.4 Å². The number of esters is 1. The molecule has 1 aromatic heterocycles. The molecule has 1 heterocycles. The number of hydrogen-bond donors (Lipinski definition) is 1. The highest BCUT2D eigenvalue weighted by Crippen LogP contribution is 2.21. The summed E-state index contributed by atoms with van der Waals surface area (Å²) in [4.78, 5) is 11.5. The molecule has 0 atom stereocenters. The molecule has 0 aliphatic rings. The van der Waals surface area contributed by atoms with E-state index < -0.39 is 5.97 Å². The van der Waals surface area contributed by atoms with Crippen LogP contribution in [0.2, 0.25) is 0 Å². The van der Waals surface area contributed by atoms with Crippen molar-refractivity contribution in [1.82, 2.24) is 0 Å². The van der Waals surface area contributed by atoms with Crippen LogP contribution in [0.25, 0.3) is 11.0 Å². The molecule has 16 heavy (non-hydrogen) atoms. The average Bonchev–Trinajstić information content (AvgIpc) is 2.70. The maximum absolute atomic E-state index is 11.2. The molecule has 82 valence electrons. The van der Waals surface area contributed by atoms with Crippen LogP contribution >= 0.6 is 12.2 Å². The molecule has 0 saturated carbocycles. The molecule has 0 fully saturated rings. The minimum absolute atomic E-state index is 0.164. The Balaban J connectivity index is 2.54. The first kappa shape index (κ1) is 10.6. The number of carbonyl (C=O) groups excluding carboxylic acids is 1. The van der Waals surface area contributed by atoms with Crippen LogP contribution in [0.1, 0.15) is 16.1 Å². The van der Waals surface area contributed by atoms with Gasteiger partial charge in [-0.05, 0) is 24.3 Å². The van der Waals surface area contributed by atoms with Crippen molar-refractivity contribution in [2.75, 3.05) is 7.11 Å². The SMILES string of the molecule is COC(=O)c1cc2cc(C(N)=S)ccc2o1. The van der Waals surface area contributed by atoms with E-state index in [0.717, 1.165) is 10.9 Å². The van der Waals surface area contributed by atoms with Crippen molar-refractivity contribution < 1.29 is 13.9 Å². The van der Waals surface area contributed by atoms with Gasteiger partial charge in [-0.15, -0.1) is 0 Å². The van der Waals surface area contributed by atoms with Crippen molar-refractivity contribution >= 4 is 34.1 Å². The van der Waals surface area contributed by atoms with Crippen molar-refractivity contribution in [3.05, 3.63) is 35.6 Å². The fourth-order valence-corrected chi connectivity index (χ4v) is 1.52. The van der Waals surface area contributed by atoms with Crippen LogP contribution in [0.5, 0.6) is 0 Å². The van der Waals surface area contributed by atoms with Crippen LogP contribution in [0, 0.1) is 0 Å². The molecule has 1 aromatic carbocycles. The van der Waals surface area contributed by atoms with E-state index in [-0.39, 0.29) is 5.76 Å². The first-order valence-corrected chi connectivity index (χ1v) is 4.94. The molecule has 0 radical (unpaired) electrons. The highest BCUT2D eigenvalue weighted by atomic mass is 32.1. The van der Waals surface area contributed by atoms with Gasteiger partial charge < -0.3 is 14.9 Å². The minimum atomic E-state index is -0.506. The van der Waals surface area contributed by atoms with E-state index in [2.05, 4.69) is 4.74 Å². The molecule has 4 nitrogen and oxygen atoms in total. The van der Waals surface area contributed by atoms with Crippen LogP contribution in [0.15, 0.2) is 28.7 Å². The summed E-state index contributed by atoms with van der Waals surface area (Å²) >= 11 is 4.86. The lowest BCUT2D eigenvalue weighted by Gasteiger charge is -1.95. The van der Waals surface area contributed by atoms with Crippen LogP contribution in [-0.4, -0.2) is 18.1 Å². The second-order valence-corrected chi connectivity index (χ2v) is 3.66. The van der Waals surface area contributed by atoms with Gasteiger partial charge in [-0.2, -0.15) is 0 Å². The zero-order chi connectivity index (χ0) is 11.7. The van der Waals surface area contributed by atoms with Gasteiger partial charge in [0.15, 0.2) is 0 Å². The van der Waals surface area contributed by atoms with Gasteiger partial charge in [-0.3, -0.25) is 0 Å². The Hall–Kier alpha value is -1.88. The van der Waals surface area contributed by atoms with Gasteiger partial charge in [0.1, 0.15) is 10.6 Å². The van der Waals surface area contributed by atoms with Gasteiger partial charge in [-0.1, -0.05) is 12.2 Å². The third-order valence-corrected chi connectivity index (χ3v) is 2.42. The van der Waals surface area contributed by atoms with Crippen LogP contribution in [0.4, 0.5) is 0 Å². The molecule has 0 saturated heterocycles. The molecule has 0 unspecified atom stereocenters. The fraction of sp³-hybridized carbons (Fsp3) is 0.0909. The van der Waals surface area contributed by atoms with Gasteiger partial charge in [0.2, 0.25) is 5.76 Å². The molecule has 0 bridgehead atoms. The molecule has 0 aliphatic carbocycles. The zero-order valence-electron chi connectivity index (χ0n) is 8.52. The molecule has 2 rings (SSSR count). The lowest BCUT2D eigenvalue weighted by Crippen LogP contribution is -2.08. The first-order valence-electron chi connectivity index (χ1n) is 4.53. The largest absolute Gasteiger partial charge is 0.463 e. The highest BCUT2D eigenvalue weighted by Gasteiger charge is 2.12. The van der Waals surface area contributed by atoms with E-state index in [0.29, 0.717) is 10.6 Å². The van der Waals surface area contributed by atoms with E-state index >= 15 is 0 Å². The summed E-state index contributed by atoms with van der Waals surface area (Å²) < 4.78 is 9.86. The quantitative estimate of drug-likeness (QED) is 0.635. The van der Waals surface area contributed by atoms with Gasteiger partial charge in [0.25, 0.3) is 0 Å². The Bertz CT molecular complexity index is 574. The predicted molar refractivity (Wildman–Crippen MR) is 63.4 cm³/mol. The Morgan fingerprint density at radius 3 is 2.81 bits per heavy atom. The number of hydrogen-bond acceptors (Lipinski definition) is 4. The Morgan fingerprint density at radius 1 is 1.44 bits per heavy atom. The van der Waals surface area contributed by atoms with Crippen molar-refractivity contribution in [2.45, 2.75) is 0 Å². The minimum Gasteiger partial charge on any atom is -0.463 e. The molecule has 0 aliphatic heterocycles. The molecular formula is C11H9NO3S. The highest BCUT2D eigenvalue weighted by molar-refractivity contribution is 7.80. The van der Waals surface area contributed by atoms with Crippen molar-refractivity contribution in [1.29, 1.82) is 0 Å². The maximum Gasteiger partial charge on any atom is 0.373 e. The summed E-state index contributed by atoms with van der Waals surface area (Å²) in [6.07, 6.45) is 0. The topological polar surface area (TPSA) is 65.5 Å². The normalized spacial score (nSPS) is 10.3. The Morgan fingerprint density at radius 2 is 2.19 bits per heavy atom. The average molecular weight is 235 g/mol. The number of fused-ring (bicyclic) bond motifs is 1. The number of ether oxygens (including phenoxy) is 1. The van der Waals surface area contributed by atoms with Crippen LogP contribution < -0.4 is 5.73 Å². The number of nitrogens with two attached hydrogens (primary N) is 1. The maximum atomic E-state index is 11.2. The van der Waals surface area contributed by atoms with Gasteiger partial charge in [0.05, 0.1) is 7.11 Å². The number of carbonyl (C=O) groups is 1. The smallest absolute Gasteiger partial charge is 0.373 e. The second kappa shape index (κ2) is 3.94. The van der Waals surface area contributed by atoms with Gasteiger partial charge >= 0.3 is 5.97 Å². The van der Waals surface area contributed by atoms with E-state index in [1.165, 1.54) is 7.11 Å². The molecule has 2 N–H and O–H groups in total. The Labute approximate surface area is 97.0 Å². The standard InChI is InChI=1S/C11H9NO3S/c1-14-11(13)9-5-7-4-6(10(12)16)2-3-8(7)15-9/h2-5H,1H3,(H2,12,16). The summed E-state index contributed by atoms with van der Waals surface area (Å²) in [5, 5.41) is 0.769. The van der Waals surface area contributed by atoms with Gasteiger partial charge in [0, 0.05) is 10.9 Å². The monoisotopic (exact) mass is 235 g/mol. The Kier molecular flexibility index (Phi) is 2.62. The van der Waals surface area contributed by atoms with E-state index in [1.54, 1.807) is 24.3 Å². The first-order chi connectivity index (χ1) is 7.61. The summed E-state index contributed by atoms with van der Waals surface area (Å²) in [5.41, 5.74) is 6.84. The molecule has 5 heteroatoms. The molecular weight excluding hydrogens is 226 g/mol. The molecule has 2 aromatic rings. The van der Waals surface area contributed by atoms with Crippen LogP contribution in [-0.2, 0) is 4.74 Å². The third-order valence-electron chi connectivity index (χ3n) is 2.19. The summed E-state index contributed by atoms with van der Waals surface area (Å²) in [5.74, 6) is -0.342. The summed E-state index contributed by atoms with van der Waals surface area (Å²) in [7, 11) is 1.30. The number of furan rings is 1. The van der Waals surface area contributed by atoms with E-state index in [1.807, 2.05) is 0 Å². The van der Waals surface area contributed by atoms with Crippen molar-refractivity contribution in [2.24, 2.45) is 5.73 Å². The zero-order valence-corrected chi connectivity index (χ0v) is 9.34. The van der Waals surface area contributed by atoms with Crippen molar-refractivity contribution in [3.63, 3.8) is 0 Å². The van der Waals surface area contributed by atoms with Crippen LogP contribution in [0.3, 0.4) is 0 Å². The van der Waals surface area contributed by atoms with Crippen molar-refractivity contribution in [3.8, 4) is 0 Å². The second-order valence-electron chi connectivity index (χ2n) is 3.22. The van der Waals surface area contributed by atoms with Gasteiger partial charge in [-0.25, -0.2) is 4.79 Å². The summed E-state index contributed by atoms with van der Waals surface area (Å²) in [6.45, 7) is 0. The predicted octanol–water partition coefficient (Wildman–Crippen LogP) is 1.85.